The molecule has 2 aliphatic heterocycles. The fraction of sp³-hybridized carbons (Fsp3) is 0.579. The predicted octanol–water partition coefficient (Wildman–Crippen LogP) is 1.26. The maximum absolute atomic E-state index is 13.1. The highest BCUT2D eigenvalue weighted by atomic mass is 16.5. The number of methoxy groups -OCH3 is 2. The second-order valence-corrected chi connectivity index (χ2v) is 6.66. The minimum atomic E-state index is -0.593. The number of likely N-dealkylation sites (tertiary alicyclic amines) is 1. The van der Waals surface area contributed by atoms with Gasteiger partial charge in [0, 0.05) is 32.2 Å². The lowest BCUT2D eigenvalue weighted by Gasteiger charge is -2.28. The van der Waals surface area contributed by atoms with Crippen molar-refractivity contribution in [3.63, 3.8) is 0 Å². The summed E-state index contributed by atoms with van der Waals surface area (Å²) in [4.78, 5) is 27.5. The SMILES string of the molecule is COc1cc(NC(=O)C2CNCCO2)c(C(=O)N2CCCCC2)cc1OC. The highest BCUT2D eigenvalue weighted by molar-refractivity contribution is 6.05. The number of piperidine rings is 1. The molecule has 2 amide bonds. The molecule has 8 nitrogen and oxygen atoms in total. The van der Waals surface area contributed by atoms with E-state index in [0.29, 0.717) is 35.9 Å². The Balaban J connectivity index is 1.89. The van der Waals surface area contributed by atoms with E-state index >= 15 is 0 Å². The molecule has 0 spiro atoms. The first-order valence-corrected chi connectivity index (χ1v) is 9.32. The average Bonchev–Trinajstić information content (AvgIpc) is 2.74. The minimum Gasteiger partial charge on any atom is -0.493 e. The van der Waals surface area contributed by atoms with Gasteiger partial charge >= 0.3 is 0 Å². The van der Waals surface area contributed by atoms with Gasteiger partial charge in [-0.15, -0.1) is 0 Å². The maximum Gasteiger partial charge on any atom is 0.256 e. The normalized spacial score (nSPS) is 20.1. The van der Waals surface area contributed by atoms with E-state index in [1.807, 2.05) is 4.90 Å². The molecule has 2 N–H and O–H groups in total. The third-order valence-electron chi connectivity index (χ3n) is 4.88. The van der Waals surface area contributed by atoms with E-state index in [4.69, 9.17) is 14.2 Å². The highest BCUT2D eigenvalue weighted by Gasteiger charge is 2.27. The van der Waals surface area contributed by atoms with Gasteiger partial charge in [0.05, 0.1) is 32.1 Å². The summed E-state index contributed by atoms with van der Waals surface area (Å²) in [5, 5.41) is 5.96. The molecule has 1 unspecified atom stereocenters. The molecule has 0 aromatic heterocycles. The Morgan fingerprint density at radius 1 is 1.15 bits per heavy atom. The standard InChI is InChI=1S/C19H27N3O5/c1-25-15-10-13(19(24)22-7-4-3-5-8-22)14(11-16(15)26-2)21-18(23)17-12-20-6-9-27-17/h10-11,17,20H,3-9,12H2,1-2H3,(H,21,23). The Morgan fingerprint density at radius 2 is 1.85 bits per heavy atom. The Labute approximate surface area is 159 Å². The summed E-state index contributed by atoms with van der Waals surface area (Å²) >= 11 is 0. The van der Waals surface area contributed by atoms with E-state index in [2.05, 4.69) is 10.6 Å². The third-order valence-corrected chi connectivity index (χ3v) is 4.88. The smallest absolute Gasteiger partial charge is 0.256 e. The number of amides is 2. The summed E-state index contributed by atoms with van der Waals surface area (Å²) in [6.45, 7) is 3.07. The van der Waals surface area contributed by atoms with Gasteiger partial charge in [0.2, 0.25) is 0 Å². The maximum atomic E-state index is 13.1. The Hall–Kier alpha value is -2.32. The number of nitrogens with one attached hydrogen (secondary N) is 2. The zero-order valence-corrected chi connectivity index (χ0v) is 15.9. The quantitative estimate of drug-likeness (QED) is 0.803. The topological polar surface area (TPSA) is 89.1 Å². The molecule has 0 bridgehead atoms. The van der Waals surface area contributed by atoms with Crippen molar-refractivity contribution in [3.8, 4) is 11.5 Å². The molecule has 8 heteroatoms. The number of anilines is 1. The summed E-state index contributed by atoms with van der Waals surface area (Å²) < 4.78 is 16.2. The van der Waals surface area contributed by atoms with Crippen molar-refractivity contribution < 1.29 is 23.8 Å². The van der Waals surface area contributed by atoms with Gasteiger partial charge in [0.25, 0.3) is 11.8 Å². The Kier molecular flexibility index (Phi) is 6.52. The lowest BCUT2D eigenvalue weighted by atomic mass is 10.1. The highest BCUT2D eigenvalue weighted by Crippen LogP contribution is 2.34. The number of hydrogen-bond acceptors (Lipinski definition) is 6. The van der Waals surface area contributed by atoms with Crippen molar-refractivity contribution in [2.45, 2.75) is 25.4 Å². The molecule has 0 aliphatic carbocycles. The van der Waals surface area contributed by atoms with Crippen molar-refractivity contribution in [1.29, 1.82) is 0 Å². The first-order valence-electron chi connectivity index (χ1n) is 9.32. The van der Waals surface area contributed by atoms with Crippen LogP contribution in [0.1, 0.15) is 29.6 Å². The van der Waals surface area contributed by atoms with Gasteiger partial charge in [-0.2, -0.15) is 0 Å². The Morgan fingerprint density at radius 3 is 2.48 bits per heavy atom. The fourth-order valence-electron chi connectivity index (χ4n) is 3.37. The van der Waals surface area contributed by atoms with Crippen molar-refractivity contribution in [2.75, 3.05) is 52.3 Å². The lowest BCUT2D eigenvalue weighted by molar-refractivity contribution is -0.128. The van der Waals surface area contributed by atoms with Crippen LogP contribution in [0.15, 0.2) is 12.1 Å². The van der Waals surface area contributed by atoms with Gasteiger partial charge in [-0.05, 0) is 25.3 Å². The van der Waals surface area contributed by atoms with Crippen LogP contribution >= 0.6 is 0 Å². The molecule has 0 saturated carbocycles. The van der Waals surface area contributed by atoms with Gasteiger partial charge in [-0.1, -0.05) is 0 Å². The van der Waals surface area contributed by atoms with Gasteiger partial charge in [0.15, 0.2) is 11.5 Å². The van der Waals surface area contributed by atoms with Crippen LogP contribution < -0.4 is 20.1 Å². The number of ether oxygens (including phenoxy) is 3. The molecule has 0 radical (unpaired) electrons. The second-order valence-electron chi connectivity index (χ2n) is 6.66. The summed E-state index contributed by atoms with van der Waals surface area (Å²) in [6, 6.07) is 3.26. The van der Waals surface area contributed by atoms with Crippen LogP contribution in [-0.4, -0.2) is 69.8 Å². The number of benzene rings is 1. The van der Waals surface area contributed by atoms with E-state index < -0.39 is 6.10 Å². The average molecular weight is 377 g/mol. The van der Waals surface area contributed by atoms with Crippen LogP contribution in [0.2, 0.25) is 0 Å². The van der Waals surface area contributed by atoms with Gasteiger partial charge in [-0.25, -0.2) is 0 Å². The fourth-order valence-corrected chi connectivity index (χ4v) is 3.37. The van der Waals surface area contributed by atoms with Crippen molar-refractivity contribution in [1.82, 2.24) is 10.2 Å². The second kappa shape index (κ2) is 9.05. The zero-order valence-electron chi connectivity index (χ0n) is 15.9. The first kappa shape index (κ1) is 19.4. The molecular weight excluding hydrogens is 350 g/mol. The van der Waals surface area contributed by atoms with E-state index in [1.54, 1.807) is 12.1 Å². The van der Waals surface area contributed by atoms with E-state index in [9.17, 15) is 9.59 Å². The Bertz CT molecular complexity index is 682. The summed E-state index contributed by atoms with van der Waals surface area (Å²) in [5.41, 5.74) is 0.800. The lowest BCUT2D eigenvalue weighted by Crippen LogP contribution is -2.45. The molecule has 2 aliphatic rings. The van der Waals surface area contributed by atoms with Crippen molar-refractivity contribution in [3.05, 3.63) is 17.7 Å². The van der Waals surface area contributed by atoms with Crippen molar-refractivity contribution >= 4 is 17.5 Å². The van der Waals surface area contributed by atoms with Crippen LogP contribution in [0.4, 0.5) is 5.69 Å². The third kappa shape index (κ3) is 4.51. The van der Waals surface area contributed by atoms with Gasteiger partial charge in [-0.3, -0.25) is 9.59 Å². The first-order chi connectivity index (χ1) is 13.1. The molecule has 1 atom stereocenters. The monoisotopic (exact) mass is 377 g/mol. The number of hydrogen-bond donors (Lipinski definition) is 2. The summed E-state index contributed by atoms with van der Waals surface area (Å²) in [5.74, 6) is 0.493. The molecular formula is C19H27N3O5. The van der Waals surface area contributed by atoms with Gasteiger partial charge < -0.3 is 29.7 Å². The van der Waals surface area contributed by atoms with Crippen LogP contribution in [0.3, 0.4) is 0 Å². The van der Waals surface area contributed by atoms with Crippen LogP contribution in [0.25, 0.3) is 0 Å². The summed E-state index contributed by atoms with van der Waals surface area (Å²) in [6.07, 6.45) is 2.51. The molecule has 148 valence electrons. The van der Waals surface area contributed by atoms with Crippen LogP contribution in [0.5, 0.6) is 11.5 Å². The van der Waals surface area contributed by atoms with Crippen LogP contribution in [0, 0.1) is 0 Å². The number of carbonyl (C=O) groups excluding carboxylic acids is 2. The van der Waals surface area contributed by atoms with E-state index in [1.165, 1.54) is 14.2 Å². The molecule has 2 heterocycles. The minimum absolute atomic E-state index is 0.117. The molecule has 3 rings (SSSR count). The molecule has 1 aromatic carbocycles. The predicted molar refractivity (Wildman–Crippen MR) is 101 cm³/mol. The number of carbonyl (C=O) groups is 2. The zero-order chi connectivity index (χ0) is 19.2. The number of morpholine rings is 1. The number of rotatable bonds is 5. The summed E-state index contributed by atoms with van der Waals surface area (Å²) in [7, 11) is 3.04. The molecule has 2 fully saturated rings. The number of nitrogens with zero attached hydrogens (tertiary/aromatic N) is 1. The van der Waals surface area contributed by atoms with Crippen LogP contribution in [-0.2, 0) is 9.53 Å². The van der Waals surface area contributed by atoms with Gasteiger partial charge in [0.1, 0.15) is 6.10 Å². The van der Waals surface area contributed by atoms with E-state index in [0.717, 1.165) is 38.9 Å². The molecule has 2 saturated heterocycles. The molecule has 1 aromatic rings. The van der Waals surface area contributed by atoms with Crippen molar-refractivity contribution in [2.24, 2.45) is 0 Å². The molecule has 27 heavy (non-hydrogen) atoms. The largest absolute Gasteiger partial charge is 0.493 e. The van der Waals surface area contributed by atoms with E-state index in [-0.39, 0.29) is 11.8 Å².